The summed E-state index contributed by atoms with van der Waals surface area (Å²) in [7, 11) is 1.96. The summed E-state index contributed by atoms with van der Waals surface area (Å²) in [5.74, 6) is 0. The summed E-state index contributed by atoms with van der Waals surface area (Å²) in [5.41, 5.74) is 1.12. The van der Waals surface area contributed by atoms with Crippen molar-refractivity contribution in [2.75, 3.05) is 7.05 Å². The topological polar surface area (TPSA) is 37.8 Å². The molecule has 66 valence electrons. The molecule has 0 aromatic carbocycles. The molecule has 1 N–H and O–H groups in total. The minimum atomic E-state index is 0.466. The SMILES string of the molecule is CNC(C)Cc1ncncc1I. The normalized spacial score (nSPS) is 12.9. The Morgan fingerprint density at radius 2 is 2.42 bits per heavy atom. The van der Waals surface area contributed by atoms with Gasteiger partial charge in [-0.15, -0.1) is 0 Å². The van der Waals surface area contributed by atoms with Gasteiger partial charge >= 0.3 is 0 Å². The molecule has 0 radical (unpaired) electrons. The van der Waals surface area contributed by atoms with Crippen LogP contribution in [0.5, 0.6) is 0 Å². The number of hydrogen-bond donors (Lipinski definition) is 1. The maximum absolute atomic E-state index is 4.21. The van der Waals surface area contributed by atoms with Crippen molar-refractivity contribution in [2.24, 2.45) is 0 Å². The van der Waals surface area contributed by atoms with E-state index in [0.29, 0.717) is 6.04 Å². The van der Waals surface area contributed by atoms with E-state index >= 15 is 0 Å². The predicted octanol–water partition coefficient (Wildman–Crippen LogP) is 1.23. The van der Waals surface area contributed by atoms with Gasteiger partial charge < -0.3 is 5.32 Å². The summed E-state index contributed by atoms with van der Waals surface area (Å²) in [6.07, 6.45) is 4.39. The van der Waals surface area contributed by atoms with Crippen molar-refractivity contribution in [3.8, 4) is 0 Å². The molecule has 0 saturated heterocycles. The molecule has 0 aliphatic rings. The highest BCUT2D eigenvalue weighted by Crippen LogP contribution is 2.08. The van der Waals surface area contributed by atoms with Gasteiger partial charge in [-0.05, 0) is 36.6 Å². The van der Waals surface area contributed by atoms with Crippen LogP contribution in [-0.4, -0.2) is 23.1 Å². The lowest BCUT2D eigenvalue weighted by Gasteiger charge is -2.09. The molecule has 3 nitrogen and oxygen atoms in total. The van der Waals surface area contributed by atoms with E-state index in [1.807, 2.05) is 13.2 Å². The van der Waals surface area contributed by atoms with E-state index in [-0.39, 0.29) is 0 Å². The summed E-state index contributed by atoms with van der Waals surface area (Å²) >= 11 is 2.26. The lowest BCUT2D eigenvalue weighted by atomic mass is 10.2. The molecule has 12 heavy (non-hydrogen) atoms. The van der Waals surface area contributed by atoms with Gasteiger partial charge in [0.2, 0.25) is 0 Å². The van der Waals surface area contributed by atoms with E-state index in [0.717, 1.165) is 15.7 Å². The highest BCUT2D eigenvalue weighted by molar-refractivity contribution is 14.1. The van der Waals surface area contributed by atoms with Crippen molar-refractivity contribution in [1.82, 2.24) is 15.3 Å². The van der Waals surface area contributed by atoms with Gasteiger partial charge in [0.25, 0.3) is 0 Å². The number of hydrogen-bond acceptors (Lipinski definition) is 3. The minimum absolute atomic E-state index is 0.466. The van der Waals surface area contributed by atoms with Crippen molar-refractivity contribution >= 4 is 22.6 Å². The summed E-state index contributed by atoms with van der Waals surface area (Å²) in [6, 6.07) is 0.466. The number of aromatic nitrogens is 2. The molecule has 4 heteroatoms. The van der Waals surface area contributed by atoms with Crippen molar-refractivity contribution in [3.05, 3.63) is 21.8 Å². The molecule has 1 unspecified atom stereocenters. The quantitative estimate of drug-likeness (QED) is 0.844. The molecule has 1 aromatic rings. The van der Waals surface area contributed by atoms with E-state index in [4.69, 9.17) is 0 Å². The molecule has 1 heterocycles. The van der Waals surface area contributed by atoms with Gasteiger partial charge in [-0.3, -0.25) is 0 Å². The fourth-order valence-electron chi connectivity index (χ4n) is 0.880. The van der Waals surface area contributed by atoms with Gasteiger partial charge in [-0.25, -0.2) is 9.97 Å². The third-order valence-electron chi connectivity index (χ3n) is 1.74. The first-order valence-corrected chi connectivity index (χ1v) is 4.93. The summed E-state index contributed by atoms with van der Waals surface area (Å²) < 4.78 is 1.14. The van der Waals surface area contributed by atoms with Crippen LogP contribution in [0.2, 0.25) is 0 Å². The van der Waals surface area contributed by atoms with E-state index in [1.165, 1.54) is 0 Å². The number of halogens is 1. The predicted molar refractivity (Wildman–Crippen MR) is 57.0 cm³/mol. The first-order chi connectivity index (χ1) is 5.74. The average Bonchev–Trinajstić information content (AvgIpc) is 2.09. The van der Waals surface area contributed by atoms with Crippen LogP contribution in [0.15, 0.2) is 12.5 Å². The second-order valence-corrected chi connectivity index (χ2v) is 3.87. The Kier molecular flexibility index (Phi) is 3.87. The van der Waals surface area contributed by atoms with Crippen molar-refractivity contribution in [2.45, 2.75) is 19.4 Å². The lowest BCUT2D eigenvalue weighted by molar-refractivity contribution is 0.598. The van der Waals surface area contributed by atoms with Gasteiger partial charge in [0, 0.05) is 18.7 Å². The third kappa shape index (κ3) is 2.67. The Morgan fingerprint density at radius 3 is 3.00 bits per heavy atom. The number of nitrogens with zero attached hydrogens (tertiary/aromatic N) is 2. The maximum atomic E-state index is 4.21. The summed E-state index contributed by atoms with van der Waals surface area (Å²) in [5, 5.41) is 3.18. The monoisotopic (exact) mass is 277 g/mol. The van der Waals surface area contributed by atoms with Crippen LogP contribution in [0.4, 0.5) is 0 Å². The molecule has 0 aliphatic heterocycles. The molecule has 0 spiro atoms. The number of nitrogens with one attached hydrogen (secondary N) is 1. The van der Waals surface area contributed by atoms with E-state index in [9.17, 15) is 0 Å². The Morgan fingerprint density at radius 1 is 1.67 bits per heavy atom. The van der Waals surface area contributed by atoms with Crippen LogP contribution in [-0.2, 0) is 6.42 Å². The second-order valence-electron chi connectivity index (χ2n) is 2.71. The van der Waals surface area contributed by atoms with Crippen LogP contribution in [0.3, 0.4) is 0 Å². The summed E-state index contributed by atoms with van der Waals surface area (Å²) in [4.78, 5) is 8.15. The minimum Gasteiger partial charge on any atom is -0.317 e. The fraction of sp³-hybridized carbons (Fsp3) is 0.500. The Labute approximate surface area is 86.1 Å². The maximum Gasteiger partial charge on any atom is 0.115 e. The van der Waals surface area contributed by atoms with E-state index in [1.54, 1.807) is 6.33 Å². The zero-order valence-corrected chi connectivity index (χ0v) is 9.37. The zero-order valence-electron chi connectivity index (χ0n) is 7.21. The lowest BCUT2D eigenvalue weighted by Crippen LogP contribution is -2.24. The smallest absolute Gasteiger partial charge is 0.115 e. The molecule has 0 fully saturated rings. The van der Waals surface area contributed by atoms with Gasteiger partial charge in [-0.2, -0.15) is 0 Å². The number of likely N-dealkylation sites (N-methyl/N-ethyl adjacent to an activating group) is 1. The zero-order chi connectivity index (χ0) is 8.97. The Hall–Kier alpha value is -0.230. The van der Waals surface area contributed by atoms with Crippen LogP contribution >= 0.6 is 22.6 Å². The Balaban J connectivity index is 2.69. The molecule has 0 bridgehead atoms. The highest BCUT2D eigenvalue weighted by Gasteiger charge is 2.04. The molecule has 1 atom stereocenters. The molecule has 0 aliphatic carbocycles. The molecule has 1 aromatic heterocycles. The van der Waals surface area contributed by atoms with Crippen LogP contribution in [0.25, 0.3) is 0 Å². The fourth-order valence-corrected chi connectivity index (χ4v) is 1.40. The molecule has 0 saturated carbocycles. The van der Waals surface area contributed by atoms with E-state index < -0.39 is 0 Å². The first kappa shape index (κ1) is 9.85. The van der Waals surface area contributed by atoms with Crippen molar-refractivity contribution in [1.29, 1.82) is 0 Å². The Bertz CT molecular complexity index is 252. The average molecular weight is 277 g/mol. The standard InChI is InChI=1S/C8H12IN3/c1-6(10-2)3-8-7(9)4-11-5-12-8/h4-6,10H,3H2,1-2H3. The molecular weight excluding hydrogens is 265 g/mol. The number of rotatable bonds is 3. The molecule has 0 amide bonds. The van der Waals surface area contributed by atoms with Gasteiger partial charge in [0.1, 0.15) is 6.33 Å². The van der Waals surface area contributed by atoms with Crippen LogP contribution < -0.4 is 5.32 Å². The summed E-state index contributed by atoms with van der Waals surface area (Å²) in [6.45, 7) is 2.14. The molecule has 1 rings (SSSR count). The van der Waals surface area contributed by atoms with Gasteiger partial charge in [-0.1, -0.05) is 0 Å². The van der Waals surface area contributed by atoms with Crippen molar-refractivity contribution < 1.29 is 0 Å². The van der Waals surface area contributed by atoms with E-state index in [2.05, 4.69) is 44.8 Å². The van der Waals surface area contributed by atoms with Gasteiger partial charge in [0.15, 0.2) is 0 Å². The molecular formula is C8H12IN3. The second kappa shape index (κ2) is 4.71. The third-order valence-corrected chi connectivity index (χ3v) is 2.64. The highest BCUT2D eigenvalue weighted by atomic mass is 127. The van der Waals surface area contributed by atoms with Crippen molar-refractivity contribution in [3.63, 3.8) is 0 Å². The first-order valence-electron chi connectivity index (χ1n) is 3.85. The van der Waals surface area contributed by atoms with Crippen LogP contribution in [0, 0.1) is 3.57 Å². The largest absolute Gasteiger partial charge is 0.317 e. The van der Waals surface area contributed by atoms with Gasteiger partial charge in [0.05, 0.1) is 9.26 Å². The van der Waals surface area contributed by atoms with Crippen LogP contribution in [0.1, 0.15) is 12.6 Å².